The maximum absolute atomic E-state index is 11.5. The average Bonchev–Trinajstić information content (AvgIpc) is 3.47. The number of ether oxygens (including phenoxy) is 2. The number of fused-ring (bicyclic) bond motifs is 2. The molecule has 9 nitrogen and oxygen atoms in total. The molecule has 34 heavy (non-hydrogen) atoms. The summed E-state index contributed by atoms with van der Waals surface area (Å²) >= 11 is 0. The first kappa shape index (κ1) is 22.6. The minimum Gasteiger partial charge on any atom is -0.454 e. The highest BCUT2D eigenvalue weighted by Gasteiger charge is 2.22. The van der Waals surface area contributed by atoms with Crippen LogP contribution in [0.4, 0.5) is 5.95 Å². The number of Topliss-reactive ketones (excluding diaryl/α,β-unsaturated/α-hetero) is 1. The first-order valence-electron chi connectivity index (χ1n) is 12.0. The van der Waals surface area contributed by atoms with E-state index >= 15 is 0 Å². The van der Waals surface area contributed by atoms with Crippen LogP contribution in [-0.2, 0) is 13.1 Å². The molecule has 0 spiro atoms. The smallest absolute Gasteiger partial charge is 0.231 e. The minimum absolute atomic E-state index is 0.290. The van der Waals surface area contributed by atoms with Crippen molar-refractivity contribution in [3.8, 4) is 11.5 Å². The highest BCUT2D eigenvalue weighted by atomic mass is 16.7. The molecule has 0 unspecified atom stereocenters. The third-order valence-corrected chi connectivity index (χ3v) is 6.67. The molecule has 0 atom stereocenters. The summed E-state index contributed by atoms with van der Waals surface area (Å²) in [6, 6.07) is 4.21. The molecule has 180 valence electrons. The quantitative estimate of drug-likeness (QED) is 0.465. The van der Waals surface area contributed by atoms with Gasteiger partial charge in [0.2, 0.25) is 12.7 Å². The number of aliphatic hydroxyl groups is 1. The van der Waals surface area contributed by atoms with Crippen molar-refractivity contribution in [2.45, 2.75) is 39.3 Å². The van der Waals surface area contributed by atoms with Crippen molar-refractivity contribution in [2.75, 3.05) is 37.9 Å². The van der Waals surface area contributed by atoms with Gasteiger partial charge in [0.15, 0.2) is 17.3 Å². The van der Waals surface area contributed by atoms with Crippen LogP contribution in [0.1, 0.15) is 42.1 Å². The summed E-state index contributed by atoms with van der Waals surface area (Å²) in [5.74, 6) is 2.53. The molecule has 2 aromatic heterocycles. The van der Waals surface area contributed by atoms with Crippen LogP contribution in [0.15, 0.2) is 30.7 Å². The Kier molecular flexibility index (Phi) is 6.64. The van der Waals surface area contributed by atoms with Gasteiger partial charge in [-0.05, 0) is 43.4 Å². The van der Waals surface area contributed by atoms with Crippen molar-refractivity contribution in [1.82, 2.24) is 19.9 Å². The lowest BCUT2D eigenvalue weighted by Crippen LogP contribution is -2.38. The zero-order valence-electron chi connectivity index (χ0n) is 19.5. The molecule has 5 rings (SSSR count). The summed E-state index contributed by atoms with van der Waals surface area (Å²) in [5, 5.41) is 13.9. The van der Waals surface area contributed by atoms with Crippen LogP contribution >= 0.6 is 0 Å². The number of carbonyl (C=O) groups excluding carboxylic acids is 1. The molecule has 1 fully saturated rings. The Balaban J connectivity index is 1.16. The molecule has 9 heteroatoms. The predicted molar refractivity (Wildman–Crippen MR) is 128 cm³/mol. The van der Waals surface area contributed by atoms with Gasteiger partial charge in [-0.1, -0.05) is 6.92 Å². The fourth-order valence-corrected chi connectivity index (χ4v) is 4.79. The van der Waals surface area contributed by atoms with Gasteiger partial charge in [0.05, 0.1) is 11.1 Å². The van der Waals surface area contributed by atoms with Crippen molar-refractivity contribution in [2.24, 2.45) is 5.92 Å². The van der Waals surface area contributed by atoms with Gasteiger partial charge in [-0.2, -0.15) is 0 Å². The monoisotopic (exact) mass is 465 g/mol. The van der Waals surface area contributed by atoms with Crippen molar-refractivity contribution in [3.05, 3.63) is 41.9 Å². The van der Waals surface area contributed by atoms with E-state index < -0.39 is 6.61 Å². The summed E-state index contributed by atoms with van der Waals surface area (Å²) < 4.78 is 13.5. The van der Waals surface area contributed by atoms with Crippen molar-refractivity contribution >= 4 is 22.6 Å². The van der Waals surface area contributed by atoms with E-state index in [1.807, 2.05) is 0 Å². The largest absolute Gasteiger partial charge is 0.454 e. The van der Waals surface area contributed by atoms with E-state index in [2.05, 4.69) is 50.0 Å². The van der Waals surface area contributed by atoms with Crippen LogP contribution in [0.5, 0.6) is 11.5 Å². The van der Waals surface area contributed by atoms with Crippen LogP contribution in [0.25, 0.3) is 10.9 Å². The van der Waals surface area contributed by atoms with Gasteiger partial charge in [-0.15, -0.1) is 0 Å². The Morgan fingerprint density at radius 3 is 2.62 bits per heavy atom. The lowest BCUT2D eigenvalue weighted by molar-refractivity contribution is 0.0903. The molecule has 0 bridgehead atoms. The van der Waals surface area contributed by atoms with E-state index in [4.69, 9.17) is 14.6 Å². The number of piperidine rings is 1. The fraction of sp³-hybridized carbons (Fsp3) is 0.480. The summed E-state index contributed by atoms with van der Waals surface area (Å²) in [6.07, 6.45) is 8.44. The number of aryl methyl sites for hydroxylation is 1. The molecular formula is C25H31N5O4. The van der Waals surface area contributed by atoms with Crippen molar-refractivity contribution in [3.63, 3.8) is 0 Å². The number of nitrogens with one attached hydrogen (secondary N) is 1. The van der Waals surface area contributed by atoms with Gasteiger partial charge in [-0.3, -0.25) is 4.79 Å². The highest BCUT2D eigenvalue weighted by Crippen LogP contribution is 2.38. The third kappa shape index (κ3) is 4.58. The van der Waals surface area contributed by atoms with Crippen molar-refractivity contribution < 1.29 is 19.4 Å². The standard InChI is InChI=1S/C25H31N5O4/c1-2-5-30-14-19(20-8-23-24(9-21(20)30)34-16-33-23)11-26-10-17-3-6-29(7-4-17)25-27-12-18(13-28-25)22(32)15-31/h8-9,12-14,17,26,31H,2-7,10-11,15-16H2,1H3. The lowest BCUT2D eigenvalue weighted by Gasteiger charge is -2.32. The van der Waals surface area contributed by atoms with E-state index in [0.717, 1.165) is 63.5 Å². The maximum Gasteiger partial charge on any atom is 0.231 e. The van der Waals surface area contributed by atoms with Gasteiger partial charge in [0.1, 0.15) is 6.61 Å². The van der Waals surface area contributed by atoms with E-state index in [1.165, 1.54) is 28.9 Å². The second-order valence-electron chi connectivity index (χ2n) is 8.98. The molecule has 0 radical (unpaired) electrons. The Morgan fingerprint density at radius 1 is 1.18 bits per heavy atom. The van der Waals surface area contributed by atoms with Crippen LogP contribution in [-0.4, -0.2) is 58.5 Å². The molecule has 2 aliphatic heterocycles. The number of benzene rings is 1. The van der Waals surface area contributed by atoms with E-state index in [1.54, 1.807) is 0 Å². The Bertz CT molecular complexity index is 1150. The Hall–Kier alpha value is -3.17. The van der Waals surface area contributed by atoms with E-state index in [0.29, 0.717) is 17.4 Å². The summed E-state index contributed by atoms with van der Waals surface area (Å²) in [5.41, 5.74) is 2.82. The number of hydrogen-bond acceptors (Lipinski definition) is 8. The average molecular weight is 466 g/mol. The Morgan fingerprint density at radius 2 is 1.91 bits per heavy atom. The summed E-state index contributed by atoms with van der Waals surface area (Å²) in [4.78, 5) is 22.3. The fourth-order valence-electron chi connectivity index (χ4n) is 4.79. The normalized spacial score (nSPS) is 15.9. The second kappa shape index (κ2) is 9.99. The summed E-state index contributed by atoms with van der Waals surface area (Å²) in [7, 11) is 0. The van der Waals surface area contributed by atoms with Gasteiger partial charge in [-0.25, -0.2) is 9.97 Å². The van der Waals surface area contributed by atoms with Crippen LogP contribution in [0.2, 0.25) is 0 Å². The highest BCUT2D eigenvalue weighted by molar-refractivity contribution is 5.96. The second-order valence-corrected chi connectivity index (χ2v) is 8.98. The Labute approximate surface area is 198 Å². The van der Waals surface area contributed by atoms with E-state index in [-0.39, 0.29) is 12.6 Å². The molecule has 0 amide bonds. The first-order valence-corrected chi connectivity index (χ1v) is 12.0. The minimum atomic E-state index is -0.523. The van der Waals surface area contributed by atoms with Crippen LogP contribution in [0.3, 0.4) is 0 Å². The zero-order valence-corrected chi connectivity index (χ0v) is 19.5. The molecule has 3 aromatic rings. The molecule has 1 aromatic carbocycles. The molecule has 0 saturated carbocycles. The number of anilines is 1. The molecule has 0 aliphatic carbocycles. The van der Waals surface area contributed by atoms with Gasteiger partial charge >= 0.3 is 0 Å². The van der Waals surface area contributed by atoms with Gasteiger partial charge in [0, 0.05) is 56.2 Å². The van der Waals surface area contributed by atoms with Gasteiger partial charge in [0.25, 0.3) is 0 Å². The van der Waals surface area contributed by atoms with Crippen LogP contribution < -0.4 is 19.7 Å². The molecular weight excluding hydrogens is 434 g/mol. The number of hydrogen-bond donors (Lipinski definition) is 2. The zero-order chi connectivity index (χ0) is 23.5. The lowest BCUT2D eigenvalue weighted by atomic mass is 9.97. The molecule has 1 saturated heterocycles. The van der Waals surface area contributed by atoms with E-state index in [9.17, 15) is 4.79 Å². The van der Waals surface area contributed by atoms with Crippen molar-refractivity contribution in [1.29, 1.82) is 0 Å². The topological polar surface area (TPSA) is 102 Å². The molecule has 2 aliphatic rings. The molecule has 2 N–H and O–H groups in total. The van der Waals surface area contributed by atoms with Gasteiger partial charge < -0.3 is 29.4 Å². The first-order chi connectivity index (χ1) is 16.7. The SMILES string of the molecule is CCCn1cc(CNCC2CCN(c3ncc(C(=O)CO)cn3)CC2)c2cc3c(cc21)OCO3. The third-order valence-electron chi connectivity index (χ3n) is 6.67. The number of aliphatic hydroxyl groups excluding tert-OH is 1. The maximum atomic E-state index is 11.5. The number of rotatable bonds is 9. The van der Waals surface area contributed by atoms with Crippen LogP contribution in [0, 0.1) is 5.92 Å². The number of aromatic nitrogens is 3. The number of ketones is 1. The number of nitrogens with zero attached hydrogens (tertiary/aromatic N) is 4. The number of carbonyl (C=O) groups is 1. The summed E-state index contributed by atoms with van der Waals surface area (Å²) in [6.45, 7) is 6.49. The molecule has 4 heterocycles. The predicted octanol–water partition coefficient (Wildman–Crippen LogP) is 2.75.